The number of allylic oxidation sites excluding steroid dienone is 1. The Morgan fingerprint density at radius 3 is 2.37 bits per heavy atom. The molecule has 4 N–H and O–H groups in total. The van der Waals surface area contributed by atoms with E-state index in [1.807, 2.05) is 6.92 Å². The first-order chi connectivity index (χ1) is 20.0. The molecule has 2 spiro atoms. The van der Waals surface area contributed by atoms with Crippen molar-refractivity contribution in [3.8, 4) is 0 Å². The molecule has 4 saturated carbocycles. The molecule has 244 valence electrons. The lowest BCUT2D eigenvalue weighted by molar-refractivity contribution is -0.341. The van der Waals surface area contributed by atoms with Gasteiger partial charge in [-0.05, 0) is 93.3 Å². The third-order valence-electron chi connectivity index (χ3n) is 14.5. The molecule has 3 aliphatic heterocycles. The third kappa shape index (κ3) is 4.09. The van der Waals surface area contributed by atoms with E-state index in [9.17, 15) is 20.4 Å². The van der Waals surface area contributed by atoms with Crippen molar-refractivity contribution in [2.24, 2.45) is 45.3 Å². The average Bonchev–Trinajstić information content (AvgIpc) is 3.42. The van der Waals surface area contributed by atoms with Crippen LogP contribution in [0.15, 0.2) is 11.6 Å². The van der Waals surface area contributed by atoms with Gasteiger partial charge in [-0.3, -0.25) is 0 Å². The highest BCUT2D eigenvalue weighted by Gasteiger charge is 2.80. The van der Waals surface area contributed by atoms with Crippen LogP contribution in [0.3, 0.4) is 0 Å². The Hall–Kier alpha value is -0.580. The minimum atomic E-state index is -1.27. The molecule has 4 aliphatic carbocycles. The van der Waals surface area contributed by atoms with Crippen LogP contribution in [0.1, 0.15) is 99.8 Å². The van der Waals surface area contributed by atoms with Crippen molar-refractivity contribution in [3.63, 3.8) is 0 Å². The topological polar surface area (TPSA) is 118 Å². The van der Waals surface area contributed by atoms with Crippen LogP contribution in [-0.2, 0) is 18.9 Å². The summed E-state index contributed by atoms with van der Waals surface area (Å²) in [5.41, 5.74) is 0.410. The van der Waals surface area contributed by atoms with Crippen LogP contribution in [0.2, 0.25) is 0 Å². The average molecular weight is 605 g/mol. The highest BCUT2D eigenvalue weighted by Crippen LogP contribution is 2.80. The summed E-state index contributed by atoms with van der Waals surface area (Å²) in [7, 11) is 0. The number of hydrogen-bond donors (Lipinski definition) is 4. The van der Waals surface area contributed by atoms with Gasteiger partial charge in [0.25, 0.3) is 0 Å². The molecule has 7 rings (SSSR count). The predicted molar refractivity (Wildman–Crippen MR) is 160 cm³/mol. The van der Waals surface area contributed by atoms with Crippen LogP contribution in [-0.4, -0.2) is 81.8 Å². The van der Waals surface area contributed by atoms with E-state index >= 15 is 0 Å². The molecule has 8 heteroatoms. The van der Waals surface area contributed by atoms with Crippen molar-refractivity contribution >= 4 is 0 Å². The van der Waals surface area contributed by atoms with E-state index in [1.54, 1.807) is 0 Å². The Bertz CT molecular complexity index is 1150. The van der Waals surface area contributed by atoms with Gasteiger partial charge in [-0.15, -0.1) is 0 Å². The van der Waals surface area contributed by atoms with Crippen molar-refractivity contribution in [1.82, 2.24) is 0 Å². The number of ether oxygens (including phenoxy) is 4. The van der Waals surface area contributed by atoms with Gasteiger partial charge in [0.2, 0.25) is 0 Å². The molecule has 0 aromatic heterocycles. The summed E-state index contributed by atoms with van der Waals surface area (Å²) in [6.45, 7) is 16.6. The highest BCUT2D eigenvalue weighted by molar-refractivity contribution is 5.26. The van der Waals surface area contributed by atoms with E-state index in [4.69, 9.17) is 18.9 Å². The molecule has 7 fully saturated rings. The summed E-state index contributed by atoms with van der Waals surface area (Å²) < 4.78 is 25.8. The molecule has 7 aliphatic rings. The molecule has 3 heterocycles. The van der Waals surface area contributed by atoms with E-state index in [0.717, 1.165) is 51.6 Å². The molecule has 2 bridgehead atoms. The lowest BCUT2D eigenvalue weighted by Gasteiger charge is -2.70. The van der Waals surface area contributed by atoms with Crippen molar-refractivity contribution in [3.05, 3.63) is 11.6 Å². The lowest BCUT2D eigenvalue weighted by Crippen LogP contribution is -2.67. The van der Waals surface area contributed by atoms with Crippen LogP contribution < -0.4 is 0 Å². The molecule has 15 atom stereocenters. The molecule has 0 radical (unpaired) electrons. The Labute approximate surface area is 257 Å². The van der Waals surface area contributed by atoms with Crippen LogP contribution >= 0.6 is 0 Å². The first-order valence-electron chi connectivity index (χ1n) is 17.0. The second kappa shape index (κ2) is 9.72. The van der Waals surface area contributed by atoms with Gasteiger partial charge in [0.15, 0.2) is 12.1 Å². The lowest BCUT2D eigenvalue weighted by atomic mass is 9.35. The third-order valence-corrected chi connectivity index (χ3v) is 14.5. The zero-order chi connectivity index (χ0) is 31.0. The van der Waals surface area contributed by atoms with Gasteiger partial charge in [-0.2, -0.15) is 0 Å². The summed E-state index contributed by atoms with van der Waals surface area (Å²) in [5, 5.41) is 42.8. The monoisotopic (exact) mass is 604 g/mol. The first-order valence-corrected chi connectivity index (χ1v) is 17.0. The van der Waals surface area contributed by atoms with Crippen LogP contribution in [0.25, 0.3) is 0 Å². The molecular formula is C35H56O8. The van der Waals surface area contributed by atoms with E-state index in [1.165, 1.54) is 5.57 Å². The first kappa shape index (κ1) is 31.0. The number of hydrogen-bond acceptors (Lipinski definition) is 8. The maximum absolute atomic E-state index is 12.0. The van der Waals surface area contributed by atoms with Gasteiger partial charge in [0, 0.05) is 24.2 Å². The maximum Gasteiger partial charge on any atom is 0.186 e. The maximum atomic E-state index is 12.0. The zero-order valence-electron chi connectivity index (χ0n) is 27.3. The van der Waals surface area contributed by atoms with E-state index in [0.29, 0.717) is 24.2 Å². The van der Waals surface area contributed by atoms with Crippen molar-refractivity contribution < 1.29 is 39.4 Å². The molecule has 0 aromatic rings. The van der Waals surface area contributed by atoms with Crippen LogP contribution in [0, 0.1) is 45.3 Å². The molecule has 0 aromatic carbocycles. The Morgan fingerprint density at radius 1 is 0.907 bits per heavy atom. The number of rotatable bonds is 3. The van der Waals surface area contributed by atoms with E-state index < -0.39 is 36.0 Å². The molecule has 0 amide bonds. The zero-order valence-corrected chi connectivity index (χ0v) is 27.3. The van der Waals surface area contributed by atoms with Gasteiger partial charge in [-0.1, -0.05) is 39.3 Å². The Kier molecular flexibility index (Phi) is 7.02. The van der Waals surface area contributed by atoms with Crippen LogP contribution in [0.4, 0.5) is 0 Å². The van der Waals surface area contributed by atoms with Crippen molar-refractivity contribution in [1.29, 1.82) is 0 Å². The molecule has 8 nitrogen and oxygen atoms in total. The summed E-state index contributed by atoms with van der Waals surface area (Å²) in [6, 6.07) is 0. The summed E-state index contributed by atoms with van der Waals surface area (Å²) in [4.78, 5) is 0. The summed E-state index contributed by atoms with van der Waals surface area (Å²) in [5.74, 6) is 0.645. The van der Waals surface area contributed by atoms with Crippen molar-refractivity contribution in [2.75, 3.05) is 13.2 Å². The van der Waals surface area contributed by atoms with Gasteiger partial charge >= 0.3 is 0 Å². The quantitative estimate of drug-likeness (QED) is 0.278. The summed E-state index contributed by atoms with van der Waals surface area (Å²) >= 11 is 0. The number of aliphatic hydroxyl groups is 4. The van der Waals surface area contributed by atoms with Gasteiger partial charge in [0.1, 0.15) is 18.3 Å². The molecular weight excluding hydrogens is 548 g/mol. The SMILES string of the molecule is CC(C)=CC1C[C@](C)(O)[C@@H]2[C@H]3CC[C@@H]4[C@@]5(C)CC[C@H](O[C@@H]6OC[C@@H](O)[C@@H](O)[C@H]6O)C(C)(C)[C@@H]5CC[C@@]4(C)[C@@]34CO[C@]2(C4)O1. The second-order valence-electron chi connectivity index (χ2n) is 17.4. The fourth-order valence-electron chi connectivity index (χ4n) is 12.9. The van der Waals surface area contributed by atoms with Crippen molar-refractivity contribution in [2.45, 2.75) is 148 Å². The standard InChI is InChI=1S/C35H56O8/c1-19(2)14-20-15-33(7,39)28-21-8-9-24-31(5)12-11-25(42-29-27(38)26(37)22(36)16-40-29)30(3,4)23(31)10-13-32(24,6)34(21)17-35(28,43-20)41-18-34/h14,20-29,36-39H,8-13,15-18H2,1-7H3/t20?,21-,22-,23+,24-,25+,26-,27-,28+,29+,31+,32-,33+,34+,35-/m1/s1. The van der Waals surface area contributed by atoms with E-state index in [2.05, 4.69) is 47.6 Å². The van der Waals surface area contributed by atoms with Gasteiger partial charge in [-0.25, -0.2) is 0 Å². The van der Waals surface area contributed by atoms with Gasteiger partial charge < -0.3 is 39.4 Å². The minimum absolute atomic E-state index is 0.00441. The predicted octanol–water partition coefficient (Wildman–Crippen LogP) is 4.32. The number of fused-ring (bicyclic) bond motifs is 4. The molecule has 43 heavy (non-hydrogen) atoms. The van der Waals surface area contributed by atoms with E-state index in [-0.39, 0.29) is 46.4 Å². The molecule has 1 unspecified atom stereocenters. The summed E-state index contributed by atoms with van der Waals surface area (Å²) in [6.07, 6.45) is 5.20. The second-order valence-corrected chi connectivity index (χ2v) is 17.4. The fourth-order valence-corrected chi connectivity index (χ4v) is 12.9. The highest BCUT2D eigenvalue weighted by atomic mass is 16.7. The Balaban J connectivity index is 1.17. The minimum Gasteiger partial charge on any atom is -0.390 e. The molecule has 3 saturated heterocycles. The Morgan fingerprint density at radius 2 is 1.65 bits per heavy atom. The normalized spacial score (nSPS) is 58.6. The largest absolute Gasteiger partial charge is 0.390 e. The number of aliphatic hydroxyl groups excluding tert-OH is 3. The smallest absolute Gasteiger partial charge is 0.186 e. The van der Waals surface area contributed by atoms with Crippen LogP contribution in [0.5, 0.6) is 0 Å². The fraction of sp³-hybridized carbons (Fsp3) is 0.943. The van der Waals surface area contributed by atoms with Gasteiger partial charge in [0.05, 0.1) is 31.0 Å².